The molecule has 1 heterocycles. The number of rotatable bonds is 7. The van der Waals surface area contributed by atoms with E-state index in [1.807, 2.05) is 37.3 Å². The van der Waals surface area contributed by atoms with Crippen LogP contribution in [0.3, 0.4) is 0 Å². The number of aryl methyl sites for hydroxylation is 1. The molecule has 3 rings (SSSR count). The first-order chi connectivity index (χ1) is 12.6. The molecule has 134 valence electrons. The Morgan fingerprint density at radius 2 is 1.58 bits per heavy atom. The molecule has 1 N–H and O–H groups in total. The van der Waals surface area contributed by atoms with Gasteiger partial charge in [-0.25, -0.2) is 4.98 Å². The highest BCUT2D eigenvalue weighted by Gasteiger charge is 2.14. The van der Waals surface area contributed by atoms with E-state index in [0.717, 1.165) is 30.3 Å². The lowest BCUT2D eigenvalue weighted by Gasteiger charge is -2.24. The molecule has 0 saturated carbocycles. The van der Waals surface area contributed by atoms with E-state index < -0.39 is 0 Å². The van der Waals surface area contributed by atoms with Gasteiger partial charge in [-0.15, -0.1) is 0 Å². The second-order valence-corrected chi connectivity index (χ2v) is 6.88. The van der Waals surface area contributed by atoms with Gasteiger partial charge in [0.05, 0.1) is 6.54 Å². The van der Waals surface area contributed by atoms with Crippen molar-refractivity contribution in [2.24, 2.45) is 5.92 Å². The van der Waals surface area contributed by atoms with Crippen molar-refractivity contribution < 1.29 is 0 Å². The third-order valence-corrected chi connectivity index (χ3v) is 4.03. The van der Waals surface area contributed by atoms with Crippen molar-refractivity contribution in [3.63, 3.8) is 0 Å². The van der Waals surface area contributed by atoms with Crippen LogP contribution in [0.2, 0.25) is 0 Å². The number of nitrogens with zero attached hydrogens (tertiary/aromatic N) is 3. The summed E-state index contributed by atoms with van der Waals surface area (Å²) in [5, 5.41) is 3.42. The zero-order valence-corrected chi connectivity index (χ0v) is 15.7. The van der Waals surface area contributed by atoms with Crippen LogP contribution in [0.25, 0.3) is 0 Å². The molecule has 0 amide bonds. The molecular weight excluding hydrogens is 320 g/mol. The molecule has 0 aliphatic carbocycles. The number of hydrogen-bond donors (Lipinski definition) is 1. The Balaban J connectivity index is 1.96. The average molecular weight is 346 g/mol. The third kappa shape index (κ3) is 4.82. The summed E-state index contributed by atoms with van der Waals surface area (Å²) >= 11 is 0. The standard InChI is InChI=1S/C22H26N4/c1-17(2)15-23-21-14-18(3)24-22(25-21)26(20-12-8-5-9-13-20)16-19-10-6-4-7-11-19/h4-14,17H,15-16H2,1-3H3,(H,23,24,25). The molecule has 0 fully saturated rings. The van der Waals surface area contributed by atoms with Gasteiger partial charge in [0.2, 0.25) is 5.95 Å². The van der Waals surface area contributed by atoms with Crippen LogP contribution in [0.1, 0.15) is 25.1 Å². The van der Waals surface area contributed by atoms with Crippen molar-refractivity contribution in [1.82, 2.24) is 9.97 Å². The van der Waals surface area contributed by atoms with Crippen molar-refractivity contribution in [1.29, 1.82) is 0 Å². The largest absolute Gasteiger partial charge is 0.370 e. The van der Waals surface area contributed by atoms with Crippen LogP contribution in [-0.2, 0) is 6.54 Å². The highest BCUT2D eigenvalue weighted by molar-refractivity contribution is 5.59. The first-order valence-electron chi connectivity index (χ1n) is 9.08. The van der Waals surface area contributed by atoms with Crippen molar-refractivity contribution in [3.8, 4) is 0 Å². The number of nitrogens with one attached hydrogen (secondary N) is 1. The Hall–Kier alpha value is -2.88. The summed E-state index contributed by atoms with van der Waals surface area (Å²) in [5.74, 6) is 2.14. The number of para-hydroxylation sites is 1. The minimum absolute atomic E-state index is 0.559. The van der Waals surface area contributed by atoms with Gasteiger partial charge in [-0.05, 0) is 30.5 Å². The molecule has 0 bridgehead atoms. The van der Waals surface area contributed by atoms with Crippen LogP contribution in [0.5, 0.6) is 0 Å². The van der Waals surface area contributed by atoms with Crippen LogP contribution in [0.4, 0.5) is 17.5 Å². The number of aromatic nitrogens is 2. The maximum absolute atomic E-state index is 4.78. The SMILES string of the molecule is Cc1cc(NCC(C)C)nc(N(Cc2ccccc2)c2ccccc2)n1. The van der Waals surface area contributed by atoms with Crippen molar-refractivity contribution in [3.05, 3.63) is 78.0 Å². The zero-order chi connectivity index (χ0) is 18.4. The maximum Gasteiger partial charge on any atom is 0.232 e. The fourth-order valence-electron chi connectivity index (χ4n) is 2.72. The topological polar surface area (TPSA) is 41.1 Å². The molecule has 0 saturated heterocycles. The van der Waals surface area contributed by atoms with Crippen molar-refractivity contribution in [2.45, 2.75) is 27.3 Å². The molecule has 3 aromatic rings. The van der Waals surface area contributed by atoms with Gasteiger partial charge in [-0.2, -0.15) is 4.98 Å². The fraction of sp³-hybridized carbons (Fsp3) is 0.273. The molecule has 0 unspecified atom stereocenters. The van der Waals surface area contributed by atoms with E-state index >= 15 is 0 Å². The van der Waals surface area contributed by atoms with Gasteiger partial charge in [0.15, 0.2) is 0 Å². The molecule has 0 radical (unpaired) electrons. The number of anilines is 3. The van der Waals surface area contributed by atoms with Crippen LogP contribution >= 0.6 is 0 Å². The van der Waals surface area contributed by atoms with Gasteiger partial charge in [-0.3, -0.25) is 0 Å². The quantitative estimate of drug-likeness (QED) is 0.639. The zero-order valence-electron chi connectivity index (χ0n) is 15.7. The van der Waals surface area contributed by atoms with E-state index in [-0.39, 0.29) is 0 Å². The predicted molar refractivity (Wildman–Crippen MR) is 109 cm³/mol. The van der Waals surface area contributed by atoms with Crippen LogP contribution in [0, 0.1) is 12.8 Å². The Bertz CT molecular complexity index is 816. The summed E-state index contributed by atoms with van der Waals surface area (Å²) in [6, 6.07) is 22.7. The number of benzene rings is 2. The van der Waals surface area contributed by atoms with Crippen LogP contribution in [-0.4, -0.2) is 16.5 Å². The summed E-state index contributed by atoms with van der Waals surface area (Å²) in [7, 11) is 0. The van der Waals surface area contributed by atoms with Gasteiger partial charge in [0.1, 0.15) is 5.82 Å². The molecule has 0 spiro atoms. The van der Waals surface area contributed by atoms with Crippen LogP contribution < -0.4 is 10.2 Å². The first-order valence-corrected chi connectivity index (χ1v) is 9.08. The van der Waals surface area contributed by atoms with E-state index in [4.69, 9.17) is 9.97 Å². The highest BCUT2D eigenvalue weighted by atomic mass is 15.3. The molecule has 4 heteroatoms. The van der Waals surface area contributed by atoms with Crippen molar-refractivity contribution >= 4 is 17.5 Å². The Labute approximate surface area is 155 Å². The lowest BCUT2D eigenvalue weighted by Crippen LogP contribution is -2.20. The van der Waals surface area contributed by atoms with Gasteiger partial charge in [-0.1, -0.05) is 62.4 Å². The van der Waals surface area contributed by atoms with Gasteiger partial charge < -0.3 is 10.2 Å². The van der Waals surface area contributed by atoms with E-state index in [1.165, 1.54) is 5.56 Å². The summed E-state index contributed by atoms with van der Waals surface area (Å²) in [5.41, 5.74) is 3.25. The van der Waals surface area contributed by atoms with Gasteiger partial charge >= 0.3 is 0 Å². The predicted octanol–water partition coefficient (Wildman–Crippen LogP) is 5.19. The van der Waals surface area contributed by atoms with E-state index in [2.05, 4.69) is 60.5 Å². The third-order valence-electron chi connectivity index (χ3n) is 4.03. The van der Waals surface area contributed by atoms with Crippen LogP contribution in [0.15, 0.2) is 66.7 Å². The normalized spacial score (nSPS) is 10.8. The highest BCUT2D eigenvalue weighted by Crippen LogP contribution is 2.26. The Kier molecular flexibility index (Phi) is 5.84. The van der Waals surface area contributed by atoms with Gasteiger partial charge in [0.25, 0.3) is 0 Å². The second-order valence-electron chi connectivity index (χ2n) is 6.88. The summed E-state index contributed by atoms with van der Waals surface area (Å²) in [6.07, 6.45) is 0. The van der Waals surface area contributed by atoms with E-state index in [9.17, 15) is 0 Å². The Morgan fingerprint density at radius 1 is 0.923 bits per heavy atom. The average Bonchev–Trinajstić information content (AvgIpc) is 2.65. The molecule has 0 atom stereocenters. The molecule has 26 heavy (non-hydrogen) atoms. The van der Waals surface area contributed by atoms with E-state index in [1.54, 1.807) is 0 Å². The molecule has 0 aliphatic rings. The maximum atomic E-state index is 4.78. The molecule has 1 aromatic heterocycles. The summed E-state index contributed by atoms with van der Waals surface area (Å²) < 4.78 is 0. The van der Waals surface area contributed by atoms with Crippen molar-refractivity contribution in [2.75, 3.05) is 16.8 Å². The first kappa shape index (κ1) is 17.9. The molecule has 2 aromatic carbocycles. The smallest absolute Gasteiger partial charge is 0.232 e. The minimum atomic E-state index is 0.559. The molecule has 4 nitrogen and oxygen atoms in total. The molecular formula is C22H26N4. The lowest BCUT2D eigenvalue weighted by atomic mass is 10.2. The minimum Gasteiger partial charge on any atom is -0.370 e. The fourth-order valence-corrected chi connectivity index (χ4v) is 2.72. The van der Waals surface area contributed by atoms with E-state index in [0.29, 0.717) is 11.9 Å². The van der Waals surface area contributed by atoms with Gasteiger partial charge in [0, 0.05) is 24.0 Å². The summed E-state index contributed by atoms with van der Waals surface area (Å²) in [4.78, 5) is 11.6. The summed E-state index contributed by atoms with van der Waals surface area (Å²) in [6.45, 7) is 8.00. The number of hydrogen-bond acceptors (Lipinski definition) is 4. The Morgan fingerprint density at radius 3 is 2.23 bits per heavy atom. The second kappa shape index (κ2) is 8.48. The lowest BCUT2D eigenvalue weighted by molar-refractivity contribution is 0.686. The molecule has 0 aliphatic heterocycles. The monoisotopic (exact) mass is 346 g/mol.